The molecule has 5 N–H and O–H groups in total. The smallest absolute Gasteiger partial charge is 0.187 e. The van der Waals surface area contributed by atoms with Gasteiger partial charge in [-0.15, -0.1) is 6.58 Å². The lowest BCUT2D eigenvalue weighted by Crippen LogP contribution is -2.60. The molecule has 0 unspecified atom stereocenters. The monoisotopic (exact) mass is 470 g/mol. The summed E-state index contributed by atoms with van der Waals surface area (Å²) in [6, 6.07) is 0. The molecule has 0 bridgehead atoms. The van der Waals surface area contributed by atoms with Crippen LogP contribution in [0.4, 0.5) is 0 Å². The zero-order valence-corrected chi connectivity index (χ0v) is 21.0. The molecule has 3 fully saturated rings. The van der Waals surface area contributed by atoms with E-state index in [0.717, 1.165) is 32.1 Å². The summed E-state index contributed by atoms with van der Waals surface area (Å²) in [5.41, 5.74) is -1.40. The molecule has 2 saturated carbocycles. The van der Waals surface area contributed by atoms with Gasteiger partial charge in [0.1, 0.15) is 24.4 Å². The third-order valence-electron chi connectivity index (χ3n) is 9.36. The first kappa shape index (κ1) is 27.1. The van der Waals surface area contributed by atoms with Gasteiger partial charge in [-0.1, -0.05) is 33.3 Å². The standard InChI is InChI=1S/C26H46O7/c1-7-24(4,33-22-21(30)20(29)19(28)16(15-27)32-22)13-9-18-25(5)12-8-11-23(2,3)17(25)10-14-26(18,6)31/h7,16-22,27-31H,1,8-15H2,2-6H3/t16-,17-,18+,19-,20+,21-,22+,24-,25-,26-/m1/s1. The predicted octanol–water partition coefficient (Wildman–Crippen LogP) is 2.52. The zero-order chi connectivity index (χ0) is 24.8. The minimum absolute atomic E-state index is 0.0225. The number of hydrogen-bond donors (Lipinski definition) is 5. The summed E-state index contributed by atoms with van der Waals surface area (Å²) in [5, 5.41) is 51.5. The molecule has 0 radical (unpaired) electrons. The number of fused-ring (bicyclic) bond motifs is 1. The Hall–Kier alpha value is -0.540. The fourth-order valence-corrected chi connectivity index (χ4v) is 7.34. The van der Waals surface area contributed by atoms with Gasteiger partial charge in [0.25, 0.3) is 0 Å². The number of aliphatic hydroxyl groups excluding tert-OH is 4. The third-order valence-corrected chi connectivity index (χ3v) is 9.36. The van der Waals surface area contributed by atoms with E-state index in [-0.39, 0.29) is 16.7 Å². The Balaban J connectivity index is 1.77. The average molecular weight is 471 g/mol. The molecule has 3 aliphatic rings. The first-order chi connectivity index (χ1) is 15.2. The van der Waals surface area contributed by atoms with Gasteiger partial charge in [0.05, 0.1) is 17.8 Å². The summed E-state index contributed by atoms with van der Waals surface area (Å²) in [6.45, 7) is 14.3. The fraction of sp³-hybridized carbons (Fsp3) is 0.923. The lowest BCUT2D eigenvalue weighted by atomic mass is 9.45. The SMILES string of the molecule is C=C[C@](C)(CC[C@H]1[C@]2(C)CCCC(C)(C)[C@H]2CC[C@@]1(C)O)O[C@@H]1O[C@H](CO)[C@@H](O)[C@H](O)[C@H]1O. The second kappa shape index (κ2) is 9.49. The summed E-state index contributed by atoms with van der Waals surface area (Å²) in [4.78, 5) is 0. The Bertz CT molecular complexity index is 692. The van der Waals surface area contributed by atoms with E-state index in [1.165, 1.54) is 6.42 Å². The molecule has 2 aliphatic carbocycles. The van der Waals surface area contributed by atoms with Crippen LogP contribution in [-0.2, 0) is 9.47 Å². The largest absolute Gasteiger partial charge is 0.394 e. The van der Waals surface area contributed by atoms with Crippen molar-refractivity contribution in [2.45, 2.75) is 121 Å². The van der Waals surface area contributed by atoms with Crippen LogP contribution in [-0.4, -0.2) is 74.0 Å². The molecule has 0 amide bonds. The second-order valence-corrected chi connectivity index (χ2v) is 12.2. The number of aliphatic hydroxyl groups is 5. The fourth-order valence-electron chi connectivity index (χ4n) is 7.34. The van der Waals surface area contributed by atoms with Gasteiger partial charge in [-0.2, -0.15) is 0 Å². The molecule has 7 nitrogen and oxygen atoms in total. The minimum atomic E-state index is -1.49. The van der Waals surface area contributed by atoms with Gasteiger partial charge >= 0.3 is 0 Å². The van der Waals surface area contributed by atoms with E-state index in [4.69, 9.17) is 9.47 Å². The molecule has 7 heteroatoms. The van der Waals surface area contributed by atoms with Crippen molar-refractivity contribution in [3.8, 4) is 0 Å². The van der Waals surface area contributed by atoms with Gasteiger partial charge in [-0.3, -0.25) is 0 Å². The highest BCUT2D eigenvalue weighted by Gasteiger charge is 2.58. The van der Waals surface area contributed by atoms with Crippen molar-refractivity contribution >= 4 is 0 Å². The predicted molar refractivity (Wildman–Crippen MR) is 125 cm³/mol. The molecule has 0 aromatic rings. The van der Waals surface area contributed by atoms with Crippen LogP contribution in [0.15, 0.2) is 12.7 Å². The summed E-state index contributed by atoms with van der Waals surface area (Å²) in [5.74, 6) is 0.631. The topological polar surface area (TPSA) is 120 Å². The molecule has 0 aromatic carbocycles. The maximum absolute atomic E-state index is 11.5. The molecule has 33 heavy (non-hydrogen) atoms. The molecule has 192 valence electrons. The highest BCUT2D eigenvalue weighted by atomic mass is 16.7. The van der Waals surface area contributed by atoms with Crippen molar-refractivity contribution in [2.75, 3.05) is 6.61 Å². The molecule has 1 aliphatic heterocycles. The normalized spacial score (nSPS) is 47.4. The molecule has 3 rings (SSSR count). The van der Waals surface area contributed by atoms with Crippen molar-refractivity contribution in [2.24, 2.45) is 22.7 Å². The van der Waals surface area contributed by atoms with Gasteiger partial charge in [-0.25, -0.2) is 0 Å². The number of hydrogen-bond acceptors (Lipinski definition) is 7. The van der Waals surface area contributed by atoms with E-state index in [9.17, 15) is 25.5 Å². The van der Waals surface area contributed by atoms with Gasteiger partial charge in [0, 0.05) is 0 Å². The van der Waals surface area contributed by atoms with Crippen molar-refractivity contribution in [1.82, 2.24) is 0 Å². The highest BCUT2D eigenvalue weighted by Crippen LogP contribution is 2.63. The van der Waals surface area contributed by atoms with E-state index in [1.54, 1.807) is 6.08 Å². The van der Waals surface area contributed by atoms with Crippen LogP contribution in [0.3, 0.4) is 0 Å². The maximum Gasteiger partial charge on any atom is 0.187 e. The second-order valence-electron chi connectivity index (χ2n) is 12.2. The van der Waals surface area contributed by atoms with Crippen LogP contribution in [0.25, 0.3) is 0 Å². The lowest BCUT2D eigenvalue weighted by Gasteiger charge is -2.61. The summed E-state index contributed by atoms with van der Waals surface area (Å²) in [7, 11) is 0. The van der Waals surface area contributed by atoms with Crippen molar-refractivity contribution in [3.05, 3.63) is 12.7 Å². The van der Waals surface area contributed by atoms with Gasteiger partial charge in [0.15, 0.2) is 6.29 Å². The first-order valence-electron chi connectivity index (χ1n) is 12.5. The van der Waals surface area contributed by atoms with Crippen molar-refractivity contribution in [1.29, 1.82) is 0 Å². The average Bonchev–Trinajstić information content (AvgIpc) is 2.72. The van der Waals surface area contributed by atoms with Crippen molar-refractivity contribution < 1.29 is 35.0 Å². The Morgan fingerprint density at radius 1 is 1.06 bits per heavy atom. The Kier molecular flexibility index (Phi) is 7.78. The van der Waals surface area contributed by atoms with E-state index in [0.29, 0.717) is 12.3 Å². The molecular weight excluding hydrogens is 424 g/mol. The minimum Gasteiger partial charge on any atom is -0.394 e. The quantitative estimate of drug-likeness (QED) is 0.363. The Morgan fingerprint density at radius 3 is 2.33 bits per heavy atom. The number of rotatable bonds is 7. The maximum atomic E-state index is 11.5. The van der Waals surface area contributed by atoms with Crippen LogP contribution in [0.5, 0.6) is 0 Å². The lowest BCUT2D eigenvalue weighted by molar-refractivity contribution is -0.320. The first-order valence-corrected chi connectivity index (χ1v) is 12.5. The van der Waals surface area contributed by atoms with E-state index < -0.39 is 48.5 Å². The Morgan fingerprint density at radius 2 is 1.73 bits per heavy atom. The van der Waals surface area contributed by atoms with Crippen molar-refractivity contribution in [3.63, 3.8) is 0 Å². The molecule has 1 saturated heterocycles. The van der Waals surface area contributed by atoms with Gasteiger partial charge in [-0.05, 0) is 75.0 Å². The number of ether oxygens (including phenoxy) is 2. The zero-order valence-electron chi connectivity index (χ0n) is 21.0. The summed E-state index contributed by atoms with van der Waals surface area (Å²) >= 11 is 0. The summed E-state index contributed by atoms with van der Waals surface area (Å²) in [6.07, 6.45) is 1.61. The van der Waals surface area contributed by atoms with Crippen LogP contribution in [0.1, 0.15) is 79.6 Å². The van der Waals surface area contributed by atoms with Crippen LogP contribution < -0.4 is 0 Å². The Labute approximate surface area is 198 Å². The van der Waals surface area contributed by atoms with Crippen LogP contribution in [0, 0.1) is 22.7 Å². The molecule has 1 heterocycles. The van der Waals surface area contributed by atoms with E-state index in [2.05, 4.69) is 27.4 Å². The molecule has 10 atom stereocenters. The highest BCUT2D eigenvalue weighted by molar-refractivity contribution is 5.08. The van der Waals surface area contributed by atoms with E-state index >= 15 is 0 Å². The third kappa shape index (κ3) is 5.06. The van der Waals surface area contributed by atoms with Gasteiger partial charge in [0.2, 0.25) is 0 Å². The summed E-state index contributed by atoms with van der Waals surface area (Å²) < 4.78 is 11.7. The molecular formula is C26H46O7. The van der Waals surface area contributed by atoms with Crippen LogP contribution >= 0.6 is 0 Å². The van der Waals surface area contributed by atoms with E-state index in [1.807, 2.05) is 13.8 Å². The molecule has 0 aromatic heterocycles. The van der Waals surface area contributed by atoms with Gasteiger partial charge < -0.3 is 35.0 Å². The molecule has 0 spiro atoms. The van der Waals surface area contributed by atoms with Crippen LogP contribution in [0.2, 0.25) is 0 Å².